The fourth-order valence-electron chi connectivity index (χ4n) is 2.81. The molecule has 0 saturated carbocycles. The highest BCUT2D eigenvalue weighted by atomic mass is 79.9. The SMILES string of the molecule is CC(CCC1CCCO1)NC(=O)c1cc2cccc(Br)c2o1. The smallest absolute Gasteiger partial charge is 0.287 e. The van der Waals surface area contributed by atoms with Crippen LogP contribution in [0.25, 0.3) is 11.0 Å². The highest BCUT2D eigenvalue weighted by Gasteiger charge is 2.19. The third kappa shape index (κ3) is 3.52. The van der Waals surface area contributed by atoms with Crippen LogP contribution in [0.4, 0.5) is 0 Å². The van der Waals surface area contributed by atoms with Crippen LogP contribution in [0.15, 0.2) is 33.2 Å². The first-order chi connectivity index (χ1) is 10.6. The van der Waals surface area contributed by atoms with Gasteiger partial charge < -0.3 is 14.5 Å². The van der Waals surface area contributed by atoms with E-state index < -0.39 is 0 Å². The van der Waals surface area contributed by atoms with E-state index in [0.29, 0.717) is 17.4 Å². The molecule has 2 unspecified atom stereocenters. The fraction of sp³-hybridized carbons (Fsp3) is 0.471. The van der Waals surface area contributed by atoms with Gasteiger partial charge in [0.1, 0.15) is 5.58 Å². The standard InChI is InChI=1S/C17H20BrNO3/c1-11(7-8-13-5-3-9-21-13)19-17(20)15-10-12-4-2-6-14(18)16(12)22-15/h2,4,6,10-11,13H,3,5,7-9H2,1H3,(H,19,20). The molecule has 3 rings (SSSR count). The van der Waals surface area contributed by atoms with Crippen LogP contribution in [0.5, 0.6) is 0 Å². The number of nitrogens with one attached hydrogen (secondary N) is 1. The molecule has 1 aromatic carbocycles. The van der Waals surface area contributed by atoms with Gasteiger partial charge >= 0.3 is 0 Å². The Morgan fingerprint density at radius 3 is 3.09 bits per heavy atom. The second-order valence-corrected chi connectivity index (χ2v) is 6.71. The van der Waals surface area contributed by atoms with Gasteiger partial charge in [0.2, 0.25) is 0 Å². The van der Waals surface area contributed by atoms with Crippen LogP contribution < -0.4 is 5.32 Å². The van der Waals surface area contributed by atoms with Crippen LogP contribution in [0.3, 0.4) is 0 Å². The summed E-state index contributed by atoms with van der Waals surface area (Å²) in [5.74, 6) is 0.189. The van der Waals surface area contributed by atoms with E-state index in [0.717, 1.165) is 42.1 Å². The van der Waals surface area contributed by atoms with Crippen LogP contribution in [-0.2, 0) is 4.74 Å². The van der Waals surface area contributed by atoms with Crippen molar-refractivity contribution in [1.29, 1.82) is 0 Å². The molecule has 4 nitrogen and oxygen atoms in total. The Bertz CT molecular complexity index is 661. The second-order valence-electron chi connectivity index (χ2n) is 5.86. The lowest BCUT2D eigenvalue weighted by molar-refractivity contribution is 0.0879. The molecular formula is C17H20BrNO3. The van der Waals surface area contributed by atoms with Gasteiger partial charge in [0.25, 0.3) is 5.91 Å². The van der Waals surface area contributed by atoms with Gasteiger partial charge in [-0.3, -0.25) is 4.79 Å². The predicted molar refractivity (Wildman–Crippen MR) is 89.1 cm³/mol. The van der Waals surface area contributed by atoms with E-state index in [1.165, 1.54) is 0 Å². The highest BCUT2D eigenvalue weighted by Crippen LogP contribution is 2.27. The fourth-order valence-corrected chi connectivity index (χ4v) is 3.28. The molecule has 2 aromatic rings. The summed E-state index contributed by atoms with van der Waals surface area (Å²) < 4.78 is 12.1. The number of carbonyl (C=O) groups is 1. The molecule has 0 radical (unpaired) electrons. The Labute approximate surface area is 138 Å². The summed E-state index contributed by atoms with van der Waals surface area (Å²) in [5.41, 5.74) is 0.708. The molecule has 1 amide bonds. The number of amides is 1. The van der Waals surface area contributed by atoms with E-state index in [9.17, 15) is 4.79 Å². The molecule has 118 valence electrons. The summed E-state index contributed by atoms with van der Waals surface area (Å²) in [7, 11) is 0. The van der Waals surface area contributed by atoms with Crippen LogP contribution >= 0.6 is 15.9 Å². The Balaban J connectivity index is 1.58. The first-order valence-corrected chi connectivity index (χ1v) is 8.53. The van der Waals surface area contributed by atoms with Crippen LogP contribution in [0.1, 0.15) is 43.2 Å². The molecule has 1 saturated heterocycles. The molecule has 1 aromatic heterocycles. The minimum Gasteiger partial charge on any atom is -0.450 e. The number of hydrogen-bond donors (Lipinski definition) is 1. The van der Waals surface area contributed by atoms with E-state index in [-0.39, 0.29) is 11.9 Å². The largest absolute Gasteiger partial charge is 0.450 e. The zero-order valence-electron chi connectivity index (χ0n) is 12.6. The third-order valence-corrected chi connectivity index (χ3v) is 4.67. The van der Waals surface area contributed by atoms with Crippen molar-refractivity contribution in [2.75, 3.05) is 6.61 Å². The Kier molecular flexibility index (Phi) is 4.84. The van der Waals surface area contributed by atoms with Crippen molar-refractivity contribution in [1.82, 2.24) is 5.32 Å². The van der Waals surface area contributed by atoms with Gasteiger partial charge in [-0.2, -0.15) is 0 Å². The number of halogens is 1. The molecule has 0 spiro atoms. The average Bonchev–Trinajstić information content (AvgIpc) is 3.15. The van der Waals surface area contributed by atoms with Gasteiger partial charge in [0.15, 0.2) is 5.76 Å². The van der Waals surface area contributed by atoms with Gasteiger partial charge in [-0.05, 0) is 60.7 Å². The quantitative estimate of drug-likeness (QED) is 0.860. The first kappa shape index (κ1) is 15.6. The van der Waals surface area contributed by atoms with Gasteiger partial charge in [-0.1, -0.05) is 12.1 Å². The van der Waals surface area contributed by atoms with Crippen molar-refractivity contribution in [2.45, 2.75) is 44.8 Å². The number of furan rings is 1. The Morgan fingerprint density at radius 1 is 1.50 bits per heavy atom. The molecule has 1 N–H and O–H groups in total. The maximum atomic E-state index is 12.3. The topological polar surface area (TPSA) is 51.5 Å². The summed E-state index contributed by atoms with van der Waals surface area (Å²) in [4.78, 5) is 12.3. The Hall–Kier alpha value is -1.33. The van der Waals surface area contributed by atoms with Gasteiger partial charge in [-0.25, -0.2) is 0 Å². The number of para-hydroxylation sites is 1. The number of ether oxygens (including phenoxy) is 1. The average molecular weight is 366 g/mol. The van der Waals surface area contributed by atoms with E-state index in [1.807, 2.05) is 25.1 Å². The van der Waals surface area contributed by atoms with Gasteiger partial charge in [-0.15, -0.1) is 0 Å². The lowest BCUT2D eigenvalue weighted by atomic mass is 10.1. The van der Waals surface area contributed by atoms with Crippen molar-refractivity contribution in [3.8, 4) is 0 Å². The van der Waals surface area contributed by atoms with Crippen molar-refractivity contribution >= 4 is 32.8 Å². The number of carbonyl (C=O) groups excluding carboxylic acids is 1. The van der Waals surface area contributed by atoms with E-state index in [2.05, 4.69) is 21.2 Å². The summed E-state index contributed by atoms with van der Waals surface area (Å²) >= 11 is 3.43. The third-order valence-electron chi connectivity index (χ3n) is 4.04. The summed E-state index contributed by atoms with van der Waals surface area (Å²) in [5, 5.41) is 3.92. The normalized spacial score (nSPS) is 19.5. The molecule has 22 heavy (non-hydrogen) atoms. The molecular weight excluding hydrogens is 346 g/mol. The lowest BCUT2D eigenvalue weighted by Gasteiger charge is -2.15. The first-order valence-electron chi connectivity index (χ1n) is 7.74. The molecule has 1 aliphatic heterocycles. The lowest BCUT2D eigenvalue weighted by Crippen LogP contribution is -2.32. The minimum absolute atomic E-state index is 0.105. The molecule has 1 aliphatic rings. The summed E-state index contributed by atoms with van der Waals surface area (Å²) in [6, 6.07) is 7.64. The molecule has 0 bridgehead atoms. The van der Waals surface area contributed by atoms with Crippen molar-refractivity contribution in [3.05, 3.63) is 34.5 Å². The zero-order valence-corrected chi connectivity index (χ0v) is 14.2. The number of rotatable bonds is 5. The molecule has 1 fully saturated rings. The highest BCUT2D eigenvalue weighted by molar-refractivity contribution is 9.10. The molecule has 5 heteroatoms. The van der Waals surface area contributed by atoms with Gasteiger partial charge in [0.05, 0.1) is 10.6 Å². The predicted octanol–water partition coefficient (Wildman–Crippen LogP) is 4.27. The molecule has 2 atom stereocenters. The van der Waals surface area contributed by atoms with E-state index in [1.54, 1.807) is 6.07 Å². The monoisotopic (exact) mass is 365 g/mol. The minimum atomic E-state index is -0.164. The maximum Gasteiger partial charge on any atom is 0.287 e. The zero-order chi connectivity index (χ0) is 15.5. The van der Waals surface area contributed by atoms with E-state index in [4.69, 9.17) is 9.15 Å². The van der Waals surface area contributed by atoms with Crippen molar-refractivity contribution in [3.63, 3.8) is 0 Å². The van der Waals surface area contributed by atoms with Crippen LogP contribution in [-0.4, -0.2) is 24.7 Å². The van der Waals surface area contributed by atoms with Gasteiger partial charge in [0, 0.05) is 18.0 Å². The Morgan fingerprint density at radius 2 is 2.36 bits per heavy atom. The van der Waals surface area contributed by atoms with Crippen LogP contribution in [0, 0.1) is 0 Å². The number of hydrogen-bond acceptors (Lipinski definition) is 3. The molecule has 2 heterocycles. The maximum absolute atomic E-state index is 12.3. The number of fused-ring (bicyclic) bond motifs is 1. The van der Waals surface area contributed by atoms with Crippen molar-refractivity contribution < 1.29 is 13.9 Å². The number of benzene rings is 1. The summed E-state index contributed by atoms with van der Waals surface area (Å²) in [6.07, 6.45) is 4.56. The second kappa shape index (κ2) is 6.84. The van der Waals surface area contributed by atoms with Crippen LogP contribution in [0.2, 0.25) is 0 Å². The van der Waals surface area contributed by atoms with Crippen molar-refractivity contribution in [2.24, 2.45) is 0 Å². The molecule has 0 aliphatic carbocycles. The summed E-state index contributed by atoms with van der Waals surface area (Å²) in [6.45, 7) is 2.89. The van der Waals surface area contributed by atoms with E-state index >= 15 is 0 Å².